The fraction of sp³-hybridized carbons (Fsp3) is 0.750. The molecule has 0 saturated heterocycles. The molecule has 0 aliphatic rings. The first-order valence-electron chi connectivity index (χ1n) is 3.63. The molecular formula is C8H13ClO3. The molecule has 0 fully saturated rings. The summed E-state index contributed by atoms with van der Waals surface area (Å²) in [7, 11) is 0. The van der Waals surface area contributed by atoms with Crippen LogP contribution in [-0.2, 0) is 9.59 Å². The van der Waals surface area contributed by atoms with Crippen molar-refractivity contribution >= 4 is 23.4 Å². The molecule has 0 bridgehead atoms. The lowest BCUT2D eigenvalue weighted by Crippen LogP contribution is -2.27. The minimum Gasteiger partial charge on any atom is -0.480 e. The van der Waals surface area contributed by atoms with Crippen LogP contribution in [0.25, 0.3) is 0 Å². The Morgan fingerprint density at radius 3 is 2.08 bits per heavy atom. The van der Waals surface area contributed by atoms with E-state index in [2.05, 4.69) is 0 Å². The van der Waals surface area contributed by atoms with Crippen LogP contribution in [0.15, 0.2) is 0 Å². The molecule has 0 aliphatic heterocycles. The van der Waals surface area contributed by atoms with E-state index in [0.717, 1.165) is 0 Å². The molecule has 0 saturated carbocycles. The van der Waals surface area contributed by atoms with Crippen molar-refractivity contribution in [1.29, 1.82) is 0 Å². The van der Waals surface area contributed by atoms with E-state index in [-0.39, 0.29) is 11.8 Å². The Morgan fingerprint density at radius 1 is 1.42 bits per heavy atom. The number of Topliss-reactive ketones (excluding diaryl/α,β-unsaturated/α-hetero) is 1. The van der Waals surface area contributed by atoms with Gasteiger partial charge in [0.25, 0.3) is 0 Å². The molecule has 1 atom stereocenters. The third kappa shape index (κ3) is 4.34. The SMILES string of the molecule is CC(C)(C)CC(=O)C(Cl)C(=O)O. The average Bonchev–Trinajstić information content (AvgIpc) is 1.82. The average molecular weight is 193 g/mol. The Kier molecular flexibility index (Phi) is 3.71. The van der Waals surface area contributed by atoms with Gasteiger partial charge >= 0.3 is 5.97 Å². The first-order valence-corrected chi connectivity index (χ1v) is 4.07. The van der Waals surface area contributed by atoms with Gasteiger partial charge in [0.15, 0.2) is 11.2 Å². The van der Waals surface area contributed by atoms with Crippen LogP contribution < -0.4 is 0 Å². The zero-order valence-corrected chi connectivity index (χ0v) is 8.18. The lowest BCUT2D eigenvalue weighted by atomic mass is 9.89. The molecule has 0 radical (unpaired) electrons. The van der Waals surface area contributed by atoms with Crippen molar-refractivity contribution in [2.45, 2.75) is 32.6 Å². The van der Waals surface area contributed by atoms with Crippen molar-refractivity contribution in [3.63, 3.8) is 0 Å². The number of hydrogen-bond donors (Lipinski definition) is 1. The van der Waals surface area contributed by atoms with E-state index in [9.17, 15) is 9.59 Å². The van der Waals surface area contributed by atoms with E-state index in [1.54, 1.807) is 0 Å². The van der Waals surface area contributed by atoms with Crippen LogP contribution in [0.5, 0.6) is 0 Å². The van der Waals surface area contributed by atoms with Crippen LogP contribution in [-0.4, -0.2) is 22.2 Å². The Bertz CT molecular complexity index is 193. The van der Waals surface area contributed by atoms with Gasteiger partial charge in [0.2, 0.25) is 0 Å². The molecule has 0 amide bonds. The molecule has 4 heteroatoms. The number of halogens is 1. The third-order valence-electron chi connectivity index (χ3n) is 1.20. The van der Waals surface area contributed by atoms with E-state index in [1.165, 1.54) is 0 Å². The van der Waals surface area contributed by atoms with E-state index >= 15 is 0 Å². The predicted molar refractivity (Wildman–Crippen MR) is 46.4 cm³/mol. The fourth-order valence-corrected chi connectivity index (χ4v) is 0.827. The Balaban J connectivity index is 4.15. The Labute approximate surface area is 76.7 Å². The minimum absolute atomic E-state index is 0.188. The second-order valence-corrected chi connectivity index (χ2v) is 4.34. The van der Waals surface area contributed by atoms with Gasteiger partial charge in [0.05, 0.1) is 0 Å². The first-order chi connectivity index (χ1) is 5.24. The quantitative estimate of drug-likeness (QED) is 0.547. The number of ketones is 1. The van der Waals surface area contributed by atoms with Crippen LogP contribution in [0.2, 0.25) is 0 Å². The maximum absolute atomic E-state index is 11.1. The van der Waals surface area contributed by atoms with Gasteiger partial charge in [-0.25, -0.2) is 0 Å². The highest BCUT2D eigenvalue weighted by atomic mass is 35.5. The van der Waals surface area contributed by atoms with Gasteiger partial charge in [-0.05, 0) is 5.41 Å². The molecule has 0 spiro atoms. The molecule has 3 nitrogen and oxygen atoms in total. The second kappa shape index (κ2) is 3.90. The summed E-state index contributed by atoms with van der Waals surface area (Å²) in [4.78, 5) is 21.4. The summed E-state index contributed by atoms with van der Waals surface area (Å²) in [5.41, 5.74) is -0.209. The van der Waals surface area contributed by atoms with Gasteiger partial charge in [-0.2, -0.15) is 0 Å². The zero-order valence-electron chi connectivity index (χ0n) is 7.43. The fourth-order valence-electron chi connectivity index (χ4n) is 0.750. The largest absolute Gasteiger partial charge is 0.480 e. The maximum Gasteiger partial charge on any atom is 0.329 e. The molecule has 0 heterocycles. The first kappa shape index (κ1) is 11.4. The van der Waals surface area contributed by atoms with Crippen molar-refractivity contribution < 1.29 is 14.7 Å². The Morgan fingerprint density at radius 2 is 1.83 bits per heavy atom. The molecule has 0 aromatic rings. The van der Waals surface area contributed by atoms with E-state index < -0.39 is 17.1 Å². The summed E-state index contributed by atoms with van der Waals surface area (Å²) >= 11 is 5.32. The topological polar surface area (TPSA) is 54.4 Å². The van der Waals surface area contributed by atoms with Crippen molar-refractivity contribution in [3.8, 4) is 0 Å². The third-order valence-corrected chi connectivity index (χ3v) is 1.63. The number of aliphatic carboxylic acids is 1. The van der Waals surface area contributed by atoms with Gasteiger partial charge in [-0.3, -0.25) is 9.59 Å². The molecule has 12 heavy (non-hydrogen) atoms. The van der Waals surface area contributed by atoms with Gasteiger partial charge in [-0.1, -0.05) is 20.8 Å². The number of carboxylic acids is 1. The van der Waals surface area contributed by atoms with Crippen LogP contribution in [0.3, 0.4) is 0 Å². The van der Waals surface area contributed by atoms with Crippen molar-refractivity contribution in [3.05, 3.63) is 0 Å². The van der Waals surface area contributed by atoms with Crippen molar-refractivity contribution in [2.24, 2.45) is 5.41 Å². The van der Waals surface area contributed by atoms with Crippen molar-refractivity contribution in [1.82, 2.24) is 0 Å². The standard InChI is InChI=1S/C8H13ClO3/c1-8(2,3)4-5(10)6(9)7(11)12/h6H,4H2,1-3H3,(H,11,12). The molecule has 0 aliphatic carbocycles. The molecule has 0 aromatic heterocycles. The smallest absolute Gasteiger partial charge is 0.329 e. The van der Waals surface area contributed by atoms with Crippen LogP contribution in [0.4, 0.5) is 0 Å². The molecule has 1 unspecified atom stereocenters. The molecule has 0 aromatic carbocycles. The van der Waals surface area contributed by atoms with Gasteiger partial charge < -0.3 is 5.11 Å². The Hall–Kier alpha value is -0.570. The van der Waals surface area contributed by atoms with Gasteiger partial charge in [-0.15, -0.1) is 11.6 Å². The lowest BCUT2D eigenvalue weighted by Gasteiger charge is -2.17. The number of alkyl halides is 1. The van der Waals surface area contributed by atoms with Gasteiger partial charge in [0.1, 0.15) is 0 Å². The lowest BCUT2D eigenvalue weighted by molar-refractivity contribution is -0.140. The highest BCUT2D eigenvalue weighted by Crippen LogP contribution is 2.20. The van der Waals surface area contributed by atoms with Crippen LogP contribution in [0.1, 0.15) is 27.2 Å². The predicted octanol–water partition coefficient (Wildman–Crippen LogP) is 1.68. The number of hydrogen-bond acceptors (Lipinski definition) is 2. The number of carbonyl (C=O) groups is 2. The molecule has 1 N–H and O–H groups in total. The number of carbonyl (C=O) groups excluding carboxylic acids is 1. The second-order valence-electron chi connectivity index (χ2n) is 3.90. The normalized spacial score (nSPS) is 14.0. The highest BCUT2D eigenvalue weighted by Gasteiger charge is 2.26. The summed E-state index contributed by atoms with van der Waals surface area (Å²) < 4.78 is 0. The monoisotopic (exact) mass is 192 g/mol. The molecule has 0 rings (SSSR count). The number of carboxylic acid groups (broad SMARTS) is 1. The summed E-state index contributed by atoms with van der Waals surface area (Å²) in [6.45, 7) is 5.57. The molecule has 70 valence electrons. The summed E-state index contributed by atoms with van der Waals surface area (Å²) in [5.74, 6) is -1.71. The van der Waals surface area contributed by atoms with E-state index in [0.29, 0.717) is 0 Å². The number of rotatable bonds is 3. The van der Waals surface area contributed by atoms with Crippen molar-refractivity contribution in [2.75, 3.05) is 0 Å². The van der Waals surface area contributed by atoms with E-state index in [4.69, 9.17) is 16.7 Å². The minimum atomic E-state index is -1.40. The van der Waals surface area contributed by atoms with Gasteiger partial charge in [0, 0.05) is 6.42 Å². The van der Waals surface area contributed by atoms with Crippen LogP contribution in [0, 0.1) is 5.41 Å². The molecular weight excluding hydrogens is 180 g/mol. The maximum atomic E-state index is 11.1. The summed E-state index contributed by atoms with van der Waals surface area (Å²) in [6, 6.07) is 0. The summed E-state index contributed by atoms with van der Waals surface area (Å²) in [5, 5.41) is 7.00. The highest BCUT2D eigenvalue weighted by molar-refractivity contribution is 6.40. The summed E-state index contributed by atoms with van der Waals surface area (Å²) in [6.07, 6.45) is 0.188. The van der Waals surface area contributed by atoms with Crippen LogP contribution >= 0.6 is 11.6 Å². The zero-order chi connectivity index (χ0) is 9.94. The van der Waals surface area contributed by atoms with E-state index in [1.807, 2.05) is 20.8 Å².